The van der Waals surface area contributed by atoms with Gasteiger partial charge in [-0.1, -0.05) is 26.7 Å². The van der Waals surface area contributed by atoms with Crippen molar-refractivity contribution >= 4 is 23.5 Å². The van der Waals surface area contributed by atoms with Gasteiger partial charge >= 0.3 is 5.97 Å². The van der Waals surface area contributed by atoms with Crippen LogP contribution >= 0.6 is 0 Å². The van der Waals surface area contributed by atoms with Crippen LogP contribution in [0.5, 0.6) is 0 Å². The number of carboxylic acids is 1. The summed E-state index contributed by atoms with van der Waals surface area (Å²) in [6, 6.07) is 6.64. The van der Waals surface area contributed by atoms with Crippen molar-refractivity contribution in [2.45, 2.75) is 39.5 Å². The molecule has 0 bridgehead atoms. The standard InChI is InChI=1S/C19H26N2O4/c1-12(2)11-20-17(22)13-7-9-14(10-8-13)21-18(23)15-5-3-4-6-16(15)19(24)25/h7-10,12,15-16H,3-6,11H2,1-2H3,(H,20,22)(H,21,23)(H,24,25). The van der Waals surface area contributed by atoms with Crippen molar-refractivity contribution in [3.63, 3.8) is 0 Å². The Balaban J connectivity index is 1.97. The molecule has 1 saturated carbocycles. The third-order valence-corrected chi connectivity index (χ3v) is 4.51. The topological polar surface area (TPSA) is 95.5 Å². The molecule has 3 N–H and O–H groups in total. The van der Waals surface area contributed by atoms with E-state index < -0.39 is 17.8 Å². The minimum absolute atomic E-state index is 0.148. The van der Waals surface area contributed by atoms with Crippen molar-refractivity contribution in [2.24, 2.45) is 17.8 Å². The molecule has 0 aromatic heterocycles. The van der Waals surface area contributed by atoms with Crippen LogP contribution in [0.4, 0.5) is 5.69 Å². The second-order valence-corrected chi connectivity index (χ2v) is 7.01. The molecular weight excluding hydrogens is 320 g/mol. The number of amides is 2. The Morgan fingerprint density at radius 2 is 1.68 bits per heavy atom. The van der Waals surface area contributed by atoms with Crippen LogP contribution in [-0.2, 0) is 9.59 Å². The minimum atomic E-state index is -0.906. The normalized spacial score (nSPS) is 20.1. The minimum Gasteiger partial charge on any atom is -0.481 e. The summed E-state index contributed by atoms with van der Waals surface area (Å²) in [6.45, 7) is 4.65. The molecule has 1 fully saturated rings. The Kier molecular flexibility index (Phi) is 6.56. The van der Waals surface area contributed by atoms with Gasteiger partial charge in [0, 0.05) is 17.8 Å². The summed E-state index contributed by atoms with van der Waals surface area (Å²) in [5.74, 6) is -2.05. The highest BCUT2D eigenvalue weighted by Crippen LogP contribution is 2.31. The molecule has 1 aliphatic carbocycles. The highest BCUT2D eigenvalue weighted by Gasteiger charge is 2.35. The predicted octanol–water partition coefficient (Wildman–Crippen LogP) is 2.90. The Morgan fingerprint density at radius 1 is 1.08 bits per heavy atom. The lowest BCUT2D eigenvalue weighted by Gasteiger charge is -2.27. The Bertz CT molecular complexity index is 625. The highest BCUT2D eigenvalue weighted by molar-refractivity contribution is 5.97. The van der Waals surface area contributed by atoms with Crippen LogP contribution in [0.2, 0.25) is 0 Å². The van der Waals surface area contributed by atoms with Crippen LogP contribution in [0.3, 0.4) is 0 Å². The van der Waals surface area contributed by atoms with Gasteiger partial charge in [0.2, 0.25) is 5.91 Å². The zero-order chi connectivity index (χ0) is 18.4. The first-order valence-corrected chi connectivity index (χ1v) is 8.80. The lowest BCUT2D eigenvalue weighted by molar-refractivity contribution is -0.147. The SMILES string of the molecule is CC(C)CNC(=O)c1ccc(NC(=O)C2CCCCC2C(=O)O)cc1. The summed E-state index contributed by atoms with van der Waals surface area (Å²) in [5, 5.41) is 14.9. The number of aliphatic carboxylic acids is 1. The van der Waals surface area contributed by atoms with Gasteiger partial charge in [0.05, 0.1) is 11.8 Å². The van der Waals surface area contributed by atoms with Crippen molar-refractivity contribution in [3.05, 3.63) is 29.8 Å². The van der Waals surface area contributed by atoms with Crippen LogP contribution in [0, 0.1) is 17.8 Å². The Hall–Kier alpha value is -2.37. The quantitative estimate of drug-likeness (QED) is 0.738. The van der Waals surface area contributed by atoms with Crippen LogP contribution < -0.4 is 10.6 Å². The zero-order valence-electron chi connectivity index (χ0n) is 14.7. The third-order valence-electron chi connectivity index (χ3n) is 4.51. The largest absolute Gasteiger partial charge is 0.481 e. The molecule has 2 unspecified atom stereocenters. The molecule has 0 spiro atoms. The van der Waals surface area contributed by atoms with E-state index in [1.165, 1.54) is 0 Å². The number of nitrogens with one attached hydrogen (secondary N) is 2. The van der Waals surface area contributed by atoms with E-state index in [0.29, 0.717) is 36.6 Å². The molecule has 0 heterocycles. The number of benzene rings is 1. The van der Waals surface area contributed by atoms with Gasteiger partial charge in [-0.25, -0.2) is 0 Å². The second kappa shape index (κ2) is 8.65. The smallest absolute Gasteiger partial charge is 0.307 e. The zero-order valence-corrected chi connectivity index (χ0v) is 14.7. The van der Waals surface area contributed by atoms with Gasteiger partial charge in [0.1, 0.15) is 0 Å². The van der Waals surface area contributed by atoms with E-state index in [4.69, 9.17) is 0 Å². The van der Waals surface area contributed by atoms with Crippen molar-refractivity contribution < 1.29 is 19.5 Å². The molecule has 1 aromatic carbocycles. The number of hydrogen-bond donors (Lipinski definition) is 3. The van der Waals surface area contributed by atoms with Gasteiger partial charge in [0.25, 0.3) is 5.91 Å². The van der Waals surface area contributed by atoms with Gasteiger partial charge < -0.3 is 15.7 Å². The van der Waals surface area contributed by atoms with E-state index in [9.17, 15) is 19.5 Å². The van der Waals surface area contributed by atoms with Crippen molar-refractivity contribution in [1.29, 1.82) is 0 Å². The van der Waals surface area contributed by atoms with Gasteiger partial charge in [-0.05, 0) is 43.0 Å². The summed E-state index contributed by atoms with van der Waals surface area (Å²) < 4.78 is 0. The first-order chi connectivity index (χ1) is 11.9. The molecule has 25 heavy (non-hydrogen) atoms. The van der Waals surface area contributed by atoms with Gasteiger partial charge in [0.15, 0.2) is 0 Å². The van der Waals surface area contributed by atoms with E-state index in [1.807, 2.05) is 13.8 Å². The number of carbonyl (C=O) groups is 3. The third kappa shape index (κ3) is 5.31. The highest BCUT2D eigenvalue weighted by atomic mass is 16.4. The van der Waals surface area contributed by atoms with Gasteiger partial charge in [-0.15, -0.1) is 0 Å². The molecular formula is C19H26N2O4. The number of carbonyl (C=O) groups excluding carboxylic acids is 2. The number of anilines is 1. The predicted molar refractivity (Wildman–Crippen MR) is 95.3 cm³/mol. The monoisotopic (exact) mass is 346 g/mol. The molecule has 6 heteroatoms. The fourth-order valence-electron chi connectivity index (χ4n) is 3.08. The summed E-state index contributed by atoms with van der Waals surface area (Å²) in [6.07, 6.45) is 2.86. The summed E-state index contributed by atoms with van der Waals surface area (Å²) in [5.41, 5.74) is 1.10. The molecule has 136 valence electrons. The number of hydrogen-bond acceptors (Lipinski definition) is 3. The van der Waals surface area contributed by atoms with Gasteiger partial charge in [-0.2, -0.15) is 0 Å². The molecule has 1 aromatic rings. The maximum Gasteiger partial charge on any atom is 0.307 e. The second-order valence-electron chi connectivity index (χ2n) is 7.01. The maximum absolute atomic E-state index is 12.4. The van der Waals surface area contributed by atoms with E-state index in [-0.39, 0.29) is 11.8 Å². The molecule has 0 saturated heterocycles. The summed E-state index contributed by atoms with van der Waals surface area (Å²) in [4.78, 5) is 35.7. The Labute approximate surface area is 148 Å². The van der Waals surface area contributed by atoms with Crippen LogP contribution in [-0.4, -0.2) is 29.4 Å². The average molecular weight is 346 g/mol. The van der Waals surface area contributed by atoms with Crippen LogP contribution in [0.25, 0.3) is 0 Å². The molecule has 2 atom stereocenters. The van der Waals surface area contributed by atoms with Crippen LogP contribution in [0.15, 0.2) is 24.3 Å². The summed E-state index contributed by atoms with van der Waals surface area (Å²) >= 11 is 0. The molecule has 6 nitrogen and oxygen atoms in total. The van der Waals surface area contributed by atoms with Crippen LogP contribution in [0.1, 0.15) is 49.9 Å². The Morgan fingerprint density at radius 3 is 2.24 bits per heavy atom. The van der Waals surface area contributed by atoms with Crippen molar-refractivity contribution in [2.75, 3.05) is 11.9 Å². The number of carboxylic acid groups (broad SMARTS) is 1. The van der Waals surface area contributed by atoms with Crippen molar-refractivity contribution in [1.82, 2.24) is 5.32 Å². The molecule has 0 aliphatic heterocycles. The average Bonchev–Trinajstić information content (AvgIpc) is 2.60. The maximum atomic E-state index is 12.4. The lowest BCUT2D eigenvalue weighted by atomic mass is 9.78. The van der Waals surface area contributed by atoms with E-state index in [2.05, 4.69) is 10.6 Å². The van der Waals surface area contributed by atoms with E-state index in [1.54, 1.807) is 24.3 Å². The lowest BCUT2D eigenvalue weighted by Crippen LogP contribution is -2.36. The first-order valence-electron chi connectivity index (χ1n) is 8.80. The fraction of sp³-hybridized carbons (Fsp3) is 0.526. The fourth-order valence-corrected chi connectivity index (χ4v) is 3.08. The molecule has 0 radical (unpaired) electrons. The molecule has 2 rings (SSSR count). The molecule has 2 amide bonds. The van der Waals surface area contributed by atoms with Crippen molar-refractivity contribution in [3.8, 4) is 0 Å². The first kappa shape index (κ1) is 19.0. The van der Waals surface area contributed by atoms with Gasteiger partial charge in [-0.3, -0.25) is 14.4 Å². The van der Waals surface area contributed by atoms with E-state index in [0.717, 1.165) is 12.8 Å². The van der Waals surface area contributed by atoms with E-state index >= 15 is 0 Å². The number of rotatable bonds is 6. The summed E-state index contributed by atoms with van der Waals surface area (Å²) in [7, 11) is 0. The molecule has 1 aliphatic rings.